The summed E-state index contributed by atoms with van der Waals surface area (Å²) in [5.74, 6) is -0.154. The molecule has 54 valence electrons. The van der Waals surface area contributed by atoms with Crippen LogP contribution in [0.5, 0.6) is 0 Å². The van der Waals surface area contributed by atoms with Crippen molar-refractivity contribution in [1.82, 2.24) is 0 Å². The zero-order valence-electron chi connectivity index (χ0n) is 5.29. The van der Waals surface area contributed by atoms with Crippen molar-refractivity contribution in [1.29, 1.82) is 0 Å². The van der Waals surface area contributed by atoms with E-state index in [0.29, 0.717) is 5.56 Å². The maximum atomic E-state index is 12.8. The zero-order chi connectivity index (χ0) is 7.72. The van der Waals surface area contributed by atoms with Crippen LogP contribution in [0.2, 0.25) is 0 Å². The van der Waals surface area contributed by atoms with Crippen molar-refractivity contribution >= 4 is 38.5 Å². The van der Waals surface area contributed by atoms with E-state index in [9.17, 15) is 4.39 Å². The fourth-order valence-corrected chi connectivity index (χ4v) is 2.06. The fourth-order valence-electron chi connectivity index (χ4n) is 0.614. The highest BCUT2D eigenvalue weighted by molar-refractivity contribution is 14.1. The Morgan fingerprint density at radius 2 is 2.10 bits per heavy atom. The van der Waals surface area contributed by atoms with Crippen LogP contribution in [0, 0.1) is 16.3 Å². The molecule has 0 aliphatic rings. The lowest BCUT2D eigenvalue weighted by atomic mass is 10.2. The lowest BCUT2D eigenvalue weighted by molar-refractivity contribution is 0.616. The fraction of sp³-hybridized carbons (Fsp3) is 0.143. The van der Waals surface area contributed by atoms with E-state index in [1.165, 1.54) is 6.07 Å². The largest absolute Gasteiger partial charge is 0.207 e. The van der Waals surface area contributed by atoms with Gasteiger partial charge in [-0.3, -0.25) is 0 Å². The van der Waals surface area contributed by atoms with E-state index in [1.54, 1.807) is 6.92 Å². The summed E-state index contributed by atoms with van der Waals surface area (Å²) in [5.41, 5.74) is 0.667. The highest BCUT2D eigenvalue weighted by Crippen LogP contribution is 2.21. The molecular weight excluding hydrogens is 310 g/mol. The smallest absolute Gasteiger partial charge is 0.128 e. The molecule has 0 amide bonds. The van der Waals surface area contributed by atoms with Gasteiger partial charge in [-0.05, 0) is 47.2 Å². The molecule has 0 saturated heterocycles. The summed E-state index contributed by atoms with van der Waals surface area (Å²) in [6, 6.07) is 3.40. The van der Waals surface area contributed by atoms with E-state index in [1.807, 2.05) is 6.07 Å². The summed E-state index contributed by atoms with van der Waals surface area (Å²) in [6.07, 6.45) is 0. The highest BCUT2D eigenvalue weighted by atomic mass is 127. The molecule has 0 nitrogen and oxygen atoms in total. The summed E-state index contributed by atoms with van der Waals surface area (Å²) in [5, 5.41) is 0. The molecule has 1 rings (SSSR count). The molecule has 1 aromatic rings. The van der Waals surface area contributed by atoms with Gasteiger partial charge in [0.1, 0.15) is 5.82 Å². The standard InChI is InChI=1S/C7H5BrFI/c1-4-6(8)2-5(10)3-7(4)9/h2-3H,1H3. The van der Waals surface area contributed by atoms with Crippen LogP contribution in [0.4, 0.5) is 4.39 Å². The van der Waals surface area contributed by atoms with Gasteiger partial charge in [-0.15, -0.1) is 0 Å². The second-order valence-corrected chi connectivity index (χ2v) is 4.09. The van der Waals surface area contributed by atoms with E-state index < -0.39 is 0 Å². The van der Waals surface area contributed by atoms with Gasteiger partial charge < -0.3 is 0 Å². The average Bonchev–Trinajstić information content (AvgIpc) is 1.82. The van der Waals surface area contributed by atoms with Crippen molar-refractivity contribution in [3.63, 3.8) is 0 Å². The number of rotatable bonds is 0. The van der Waals surface area contributed by atoms with E-state index in [2.05, 4.69) is 38.5 Å². The Hall–Kier alpha value is 0.360. The van der Waals surface area contributed by atoms with Gasteiger partial charge in [0.2, 0.25) is 0 Å². The van der Waals surface area contributed by atoms with Gasteiger partial charge in [-0.2, -0.15) is 0 Å². The van der Waals surface area contributed by atoms with Gasteiger partial charge in [-0.25, -0.2) is 4.39 Å². The van der Waals surface area contributed by atoms with Crippen LogP contribution in [0.3, 0.4) is 0 Å². The normalized spacial score (nSPS) is 10.0. The molecule has 10 heavy (non-hydrogen) atoms. The monoisotopic (exact) mass is 314 g/mol. The predicted octanol–water partition coefficient (Wildman–Crippen LogP) is 3.50. The van der Waals surface area contributed by atoms with Gasteiger partial charge in [-0.1, -0.05) is 15.9 Å². The summed E-state index contributed by atoms with van der Waals surface area (Å²) < 4.78 is 14.5. The Morgan fingerprint density at radius 1 is 1.50 bits per heavy atom. The van der Waals surface area contributed by atoms with Crippen LogP contribution in [0.1, 0.15) is 5.56 Å². The third-order valence-corrected chi connectivity index (χ3v) is 2.69. The van der Waals surface area contributed by atoms with E-state index in [-0.39, 0.29) is 5.82 Å². The van der Waals surface area contributed by atoms with Gasteiger partial charge in [0.15, 0.2) is 0 Å². The van der Waals surface area contributed by atoms with Crippen LogP contribution in [0.25, 0.3) is 0 Å². The third kappa shape index (κ3) is 1.69. The average molecular weight is 315 g/mol. The first-order chi connectivity index (χ1) is 4.61. The van der Waals surface area contributed by atoms with Crippen molar-refractivity contribution in [2.45, 2.75) is 6.92 Å². The van der Waals surface area contributed by atoms with Gasteiger partial charge in [0, 0.05) is 8.04 Å². The second kappa shape index (κ2) is 3.17. The Labute approximate surface area is 81.1 Å². The summed E-state index contributed by atoms with van der Waals surface area (Å²) in [4.78, 5) is 0. The van der Waals surface area contributed by atoms with Crippen molar-refractivity contribution in [2.24, 2.45) is 0 Å². The molecule has 1 aromatic carbocycles. The molecule has 0 N–H and O–H groups in total. The number of hydrogen-bond acceptors (Lipinski definition) is 0. The Kier molecular flexibility index (Phi) is 2.68. The third-order valence-electron chi connectivity index (χ3n) is 1.25. The molecule has 0 saturated carbocycles. The molecule has 0 aliphatic heterocycles. The van der Waals surface area contributed by atoms with E-state index in [0.717, 1.165) is 8.04 Å². The lowest BCUT2D eigenvalue weighted by Gasteiger charge is -1.99. The molecule has 0 bridgehead atoms. The van der Waals surface area contributed by atoms with Gasteiger partial charge in [0.05, 0.1) is 0 Å². The number of halogens is 3. The van der Waals surface area contributed by atoms with Crippen molar-refractivity contribution in [3.8, 4) is 0 Å². The molecule has 0 heterocycles. The Balaban J connectivity index is 3.31. The molecule has 3 heteroatoms. The van der Waals surface area contributed by atoms with E-state index in [4.69, 9.17) is 0 Å². The number of benzene rings is 1. The van der Waals surface area contributed by atoms with Crippen molar-refractivity contribution < 1.29 is 4.39 Å². The van der Waals surface area contributed by atoms with Crippen LogP contribution in [0.15, 0.2) is 16.6 Å². The summed E-state index contributed by atoms with van der Waals surface area (Å²) in [6.45, 7) is 1.75. The van der Waals surface area contributed by atoms with Gasteiger partial charge >= 0.3 is 0 Å². The zero-order valence-corrected chi connectivity index (χ0v) is 9.03. The minimum atomic E-state index is -0.154. The highest BCUT2D eigenvalue weighted by Gasteiger charge is 2.01. The maximum Gasteiger partial charge on any atom is 0.128 e. The van der Waals surface area contributed by atoms with E-state index >= 15 is 0 Å². The first-order valence-electron chi connectivity index (χ1n) is 2.72. The summed E-state index contributed by atoms with van der Waals surface area (Å²) in [7, 11) is 0. The molecule has 0 radical (unpaired) electrons. The molecule has 0 aliphatic carbocycles. The minimum absolute atomic E-state index is 0.154. The van der Waals surface area contributed by atoms with Crippen LogP contribution in [-0.4, -0.2) is 0 Å². The van der Waals surface area contributed by atoms with Crippen molar-refractivity contribution in [2.75, 3.05) is 0 Å². The topological polar surface area (TPSA) is 0 Å². The molecule has 0 spiro atoms. The second-order valence-electron chi connectivity index (χ2n) is 1.99. The summed E-state index contributed by atoms with van der Waals surface area (Å²) >= 11 is 5.33. The molecular formula is C7H5BrFI. The minimum Gasteiger partial charge on any atom is -0.207 e. The van der Waals surface area contributed by atoms with Crippen LogP contribution in [-0.2, 0) is 0 Å². The molecule has 0 aromatic heterocycles. The van der Waals surface area contributed by atoms with Crippen molar-refractivity contribution in [3.05, 3.63) is 31.6 Å². The van der Waals surface area contributed by atoms with Gasteiger partial charge in [0.25, 0.3) is 0 Å². The first-order valence-corrected chi connectivity index (χ1v) is 4.59. The van der Waals surface area contributed by atoms with Crippen LogP contribution >= 0.6 is 38.5 Å². The first kappa shape index (κ1) is 8.46. The SMILES string of the molecule is Cc1c(F)cc(I)cc1Br. The predicted molar refractivity (Wildman–Crippen MR) is 51.6 cm³/mol. The molecule has 0 unspecified atom stereocenters. The van der Waals surface area contributed by atoms with Crippen LogP contribution < -0.4 is 0 Å². The molecule has 0 atom stereocenters. The quantitative estimate of drug-likeness (QED) is 0.643. The maximum absolute atomic E-state index is 12.8. The molecule has 0 fully saturated rings. The lowest BCUT2D eigenvalue weighted by Crippen LogP contribution is -1.84. The number of hydrogen-bond donors (Lipinski definition) is 0. The Morgan fingerprint density at radius 3 is 2.60 bits per heavy atom. The Bertz CT molecular complexity index is 237.